The maximum absolute atomic E-state index is 12.0. The van der Waals surface area contributed by atoms with Gasteiger partial charge in [-0.25, -0.2) is 0 Å². The Bertz CT molecular complexity index is 273. The van der Waals surface area contributed by atoms with E-state index in [1.165, 1.54) is 32.1 Å². The molecule has 1 heterocycles. The summed E-state index contributed by atoms with van der Waals surface area (Å²) in [7, 11) is 0. The first-order valence-electron chi connectivity index (χ1n) is 7.03. The van der Waals surface area contributed by atoms with Gasteiger partial charge in [0.1, 0.15) is 0 Å². The summed E-state index contributed by atoms with van der Waals surface area (Å²) in [6.45, 7) is 4.19. The van der Waals surface area contributed by atoms with Gasteiger partial charge in [0, 0.05) is 24.8 Å². The number of halogens is 1. The molecule has 0 aromatic heterocycles. The van der Waals surface area contributed by atoms with Gasteiger partial charge in [0.05, 0.1) is 0 Å². The Labute approximate surface area is 113 Å². The molecular formula is C14H24BrNO. The third kappa shape index (κ3) is 3.04. The summed E-state index contributed by atoms with van der Waals surface area (Å²) in [5.74, 6) is 1.00. The van der Waals surface area contributed by atoms with Crippen molar-refractivity contribution in [2.45, 2.75) is 51.9 Å². The number of carbonyl (C=O) groups excluding carboxylic acids is 1. The van der Waals surface area contributed by atoms with Gasteiger partial charge in [-0.05, 0) is 24.2 Å². The second kappa shape index (κ2) is 5.73. The van der Waals surface area contributed by atoms with Crippen LogP contribution in [0.5, 0.6) is 0 Å². The van der Waals surface area contributed by atoms with Gasteiger partial charge in [-0.2, -0.15) is 0 Å². The summed E-state index contributed by atoms with van der Waals surface area (Å²) in [6, 6.07) is 0. The van der Waals surface area contributed by atoms with Crippen molar-refractivity contribution in [3.05, 3.63) is 0 Å². The van der Waals surface area contributed by atoms with Crippen molar-refractivity contribution >= 4 is 21.8 Å². The number of carbonyl (C=O) groups is 1. The Hall–Kier alpha value is -0.0500. The molecule has 0 bridgehead atoms. The molecule has 98 valence electrons. The highest BCUT2D eigenvalue weighted by atomic mass is 79.9. The van der Waals surface area contributed by atoms with Crippen LogP contribution in [0.4, 0.5) is 0 Å². The molecule has 0 aromatic carbocycles. The monoisotopic (exact) mass is 301 g/mol. The number of hydrogen-bond acceptors (Lipinski definition) is 1. The van der Waals surface area contributed by atoms with Gasteiger partial charge in [0.25, 0.3) is 0 Å². The van der Waals surface area contributed by atoms with Crippen LogP contribution in [-0.2, 0) is 4.79 Å². The van der Waals surface area contributed by atoms with Gasteiger partial charge in [0.15, 0.2) is 0 Å². The zero-order valence-electron chi connectivity index (χ0n) is 10.9. The molecule has 2 rings (SSSR count). The van der Waals surface area contributed by atoms with Crippen LogP contribution < -0.4 is 0 Å². The molecule has 1 aliphatic carbocycles. The Morgan fingerprint density at radius 2 is 2.06 bits per heavy atom. The minimum atomic E-state index is 0.372. The zero-order valence-corrected chi connectivity index (χ0v) is 12.5. The van der Waals surface area contributed by atoms with Crippen LogP contribution in [0.2, 0.25) is 0 Å². The lowest BCUT2D eigenvalue weighted by Crippen LogP contribution is -2.41. The molecule has 1 atom stereocenters. The lowest BCUT2D eigenvalue weighted by Gasteiger charge is -2.39. The van der Waals surface area contributed by atoms with E-state index in [0.29, 0.717) is 17.2 Å². The summed E-state index contributed by atoms with van der Waals surface area (Å²) < 4.78 is 0. The van der Waals surface area contributed by atoms with Crippen molar-refractivity contribution in [1.82, 2.24) is 4.90 Å². The SMILES string of the molecule is CCC1CC(=O)N(CC2(CBr)CCCCC2)C1. The summed E-state index contributed by atoms with van der Waals surface area (Å²) in [6.07, 6.45) is 8.56. The highest BCUT2D eigenvalue weighted by Gasteiger charge is 2.37. The second-order valence-corrected chi connectivity index (χ2v) is 6.51. The van der Waals surface area contributed by atoms with Gasteiger partial charge >= 0.3 is 0 Å². The van der Waals surface area contributed by atoms with E-state index in [0.717, 1.165) is 31.3 Å². The van der Waals surface area contributed by atoms with Crippen molar-refractivity contribution in [3.63, 3.8) is 0 Å². The summed E-state index contributed by atoms with van der Waals surface area (Å²) in [5.41, 5.74) is 0.372. The van der Waals surface area contributed by atoms with Crippen LogP contribution >= 0.6 is 15.9 Å². The van der Waals surface area contributed by atoms with Crippen molar-refractivity contribution < 1.29 is 4.79 Å². The molecule has 1 amide bonds. The fourth-order valence-electron chi connectivity index (χ4n) is 3.32. The van der Waals surface area contributed by atoms with E-state index < -0.39 is 0 Å². The first-order valence-corrected chi connectivity index (χ1v) is 8.15. The lowest BCUT2D eigenvalue weighted by molar-refractivity contribution is -0.129. The van der Waals surface area contributed by atoms with E-state index in [4.69, 9.17) is 0 Å². The normalized spacial score (nSPS) is 28.7. The Morgan fingerprint density at radius 1 is 1.35 bits per heavy atom. The third-order valence-corrected chi connectivity index (χ3v) is 5.79. The first-order chi connectivity index (χ1) is 8.19. The average Bonchev–Trinajstić information content (AvgIpc) is 2.71. The van der Waals surface area contributed by atoms with Crippen LogP contribution in [0.15, 0.2) is 0 Å². The number of nitrogens with zero attached hydrogens (tertiary/aromatic N) is 1. The zero-order chi connectivity index (χ0) is 12.3. The summed E-state index contributed by atoms with van der Waals surface area (Å²) >= 11 is 3.69. The summed E-state index contributed by atoms with van der Waals surface area (Å²) in [4.78, 5) is 14.1. The van der Waals surface area contributed by atoms with Crippen molar-refractivity contribution in [1.29, 1.82) is 0 Å². The third-order valence-electron chi connectivity index (χ3n) is 4.60. The standard InChI is InChI=1S/C14H24BrNO/c1-2-12-8-13(17)16(9-12)11-14(10-15)6-4-3-5-7-14/h12H,2-11H2,1H3. The molecule has 2 fully saturated rings. The van der Waals surface area contributed by atoms with Crippen LogP contribution in [0.3, 0.4) is 0 Å². The van der Waals surface area contributed by atoms with Crippen LogP contribution in [0.1, 0.15) is 51.9 Å². The van der Waals surface area contributed by atoms with E-state index in [1.54, 1.807) is 0 Å². The second-order valence-electron chi connectivity index (χ2n) is 5.95. The molecule has 1 aliphatic heterocycles. The van der Waals surface area contributed by atoms with Crippen LogP contribution in [0, 0.1) is 11.3 Å². The van der Waals surface area contributed by atoms with Crippen LogP contribution in [-0.4, -0.2) is 29.2 Å². The predicted octanol–water partition coefficient (Wildman–Crippen LogP) is 3.59. The number of alkyl halides is 1. The van der Waals surface area contributed by atoms with E-state index in [-0.39, 0.29) is 0 Å². The van der Waals surface area contributed by atoms with Gasteiger partial charge in [-0.1, -0.05) is 48.5 Å². The van der Waals surface area contributed by atoms with Gasteiger partial charge in [-0.3, -0.25) is 4.79 Å². The molecular weight excluding hydrogens is 278 g/mol. The highest BCUT2D eigenvalue weighted by molar-refractivity contribution is 9.09. The fourth-order valence-corrected chi connectivity index (χ4v) is 4.06. The summed E-state index contributed by atoms with van der Waals surface area (Å²) in [5, 5.41) is 1.06. The number of hydrogen-bond donors (Lipinski definition) is 0. The molecule has 0 spiro atoms. The predicted molar refractivity (Wildman–Crippen MR) is 74.3 cm³/mol. The Kier molecular flexibility index (Phi) is 4.51. The molecule has 0 aromatic rings. The van der Waals surface area contributed by atoms with Crippen LogP contribution in [0.25, 0.3) is 0 Å². The smallest absolute Gasteiger partial charge is 0.222 e. The maximum Gasteiger partial charge on any atom is 0.222 e. The van der Waals surface area contributed by atoms with Crippen molar-refractivity contribution in [2.24, 2.45) is 11.3 Å². The molecule has 2 nitrogen and oxygen atoms in total. The molecule has 1 unspecified atom stereocenters. The first kappa shape index (κ1) is 13.4. The molecule has 1 saturated heterocycles. The number of rotatable bonds is 4. The molecule has 3 heteroatoms. The van der Waals surface area contributed by atoms with Crippen molar-refractivity contribution in [2.75, 3.05) is 18.4 Å². The minimum Gasteiger partial charge on any atom is -0.342 e. The van der Waals surface area contributed by atoms with Gasteiger partial charge < -0.3 is 4.90 Å². The maximum atomic E-state index is 12.0. The topological polar surface area (TPSA) is 20.3 Å². The molecule has 0 N–H and O–H groups in total. The Balaban J connectivity index is 1.96. The average molecular weight is 302 g/mol. The Morgan fingerprint density at radius 3 is 2.59 bits per heavy atom. The quantitative estimate of drug-likeness (QED) is 0.727. The number of amides is 1. The van der Waals surface area contributed by atoms with Crippen molar-refractivity contribution in [3.8, 4) is 0 Å². The van der Waals surface area contributed by atoms with Gasteiger partial charge in [0.2, 0.25) is 5.91 Å². The molecule has 2 aliphatic rings. The fraction of sp³-hybridized carbons (Fsp3) is 0.929. The molecule has 0 radical (unpaired) electrons. The van der Waals surface area contributed by atoms with E-state index in [9.17, 15) is 4.79 Å². The minimum absolute atomic E-state index is 0.372. The van der Waals surface area contributed by atoms with Gasteiger partial charge in [-0.15, -0.1) is 0 Å². The van der Waals surface area contributed by atoms with E-state index >= 15 is 0 Å². The van der Waals surface area contributed by atoms with E-state index in [2.05, 4.69) is 27.8 Å². The highest BCUT2D eigenvalue weighted by Crippen LogP contribution is 2.39. The lowest BCUT2D eigenvalue weighted by atomic mass is 9.75. The molecule has 17 heavy (non-hydrogen) atoms. The van der Waals surface area contributed by atoms with E-state index in [1.807, 2.05) is 0 Å². The number of likely N-dealkylation sites (tertiary alicyclic amines) is 1. The molecule has 1 saturated carbocycles. The largest absolute Gasteiger partial charge is 0.342 e.